The molecule has 0 radical (unpaired) electrons. The number of carbonyl (C=O) groups excluding carboxylic acids is 1. The Balaban J connectivity index is 2.13. The van der Waals surface area contributed by atoms with Crippen molar-refractivity contribution in [1.29, 1.82) is 0 Å². The Labute approximate surface area is 116 Å². The van der Waals surface area contributed by atoms with Crippen LogP contribution in [0.15, 0.2) is 48.5 Å². The van der Waals surface area contributed by atoms with Crippen molar-refractivity contribution in [3.63, 3.8) is 0 Å². The molecule has 1 unspecified atom stereocenters. The molecule has 20 heavy (non-hydrogen) atoms. The van der Waals surface area contributed by atoms with Crippen molar-refractivity contribution in [2.45, 2.75) is 6.42 Å². The van der Waals surface area contributed by atoms with Crippen LogP contribution in [0.5, 0.6) is 5.75 Å². The van der Waals surface area contributed by atoms with Gasteiger partial charge < -0.3 is 14.4 Å². The van der Waals surface area contributed by atoms with Gasteiger partial charge in [-0.15, -0.1) is 0 Å². The van der Waals surface area contributed by atoms with Crippen molar-refractivity contribution >= 4 is 18.6 Å². The second kappa shape index (κ2) is 4.80. The van der Waals surface area contributed by atoms with Crippen molar-refractivity contribution in [2.24, 2.45) is 0 Å². The van der Waals surface area contributed by atoms with E-state index in [4.69, 9.17) is 4.52 Å². The molecule has 5 heteroatoms. The molecular formula is C15H12O4P-. The second-order valence-electron chi connectivity index (χ2n) is 4.62. The number of fused-ring (bicyclic) bond motifs is 3. The Bertz CT molecular complexity index is 723. The lowest BCUT2D eigenvalue weighted by molar-refractivity contribution is -0.305. The highest BCUT2D eigenvalue weighted by Gasteiger charge is 2.35. The second-order valence-corrected chi connectivity index (χ2v) is 7.08. The standard InChI is InChI=1S/C15H13O4P/c16-15(17)9-10-20(18)14-8-4-2-6-12(14)11-5-1-3-7-13(11)19-20/h1-8H,9-10H2,(H,16,17)/p-1. The zero-order chi connectivity index (χ0) is 14.2. The summed E-state index contributed by atoms with van der Waals surface area (Å²) < 4.78 is 18.7. The summed E-state index contributed by atoms with van der Waals surface area (Å²) in [6.45, 7) is 0. The molecule has 3 rings (SSSR count). The fourth-order valence-corrected chi connectivity index (χ4v) is 4.64. The number of hydrogen-bond donors (Lipinski definition) is 0. The van der Waals surface area contributed by atoms with E-state index >= 15 is 0 Å². The number of benzene rings is 2. The number of rotatable bonds is 3. The van der Waals surface area contributed by atoms with E-state index in [1.165, 1.54) is 0 Å². The average molecular weight is 287 g/mol. The van der Waals surface area contributed by atoms with Gasteiger partial charge >= 0.3 is 0 Å². The number of carbonyl (C=O) groups is 1. The summed E-state index contributed by atoms with van der Waals surface area (Å²) in [5.74, 6) is -0.687. The van der Waals surface area contributed by atoms with Crippen molar-refractivity contribution in [1.82, 2.24) is 0 Å². The van der Waals surface area contributed by atoms with Crippen LogP contribution in [0.3, 0.4) is 0 Å². The lowest BCUT2D eigenvalue weighted by Crippen LogP contribution is -2.26. The van der Waals surface area contributed by atoms with Gasteiger partial charge in [0.25, 0.3) is 7.37 Å². The minimum absolute atomic E-state index is 0.0549. The first-order valence-electron chi connectivity index (χ1n) is 6.28. The van der Waals surface area contributed by atoms with Gasteiger partial charge in [-0.2, -0.15) is 0 Å². The summed E-state index contributed by atoms with van der Waals surface area (Å²) >= 11 is 0. The first-order valence-corrected chi connectivity index (χ1v) is 8.09. The van der Waals surface area contributed by atoms with Gasteiger partial charge in [0, 0.05) is 17.7 Å². The van der Waals surface area contributed by atoms with Crippen molar-refractivity contribution in [3.8, 4) is 16.9 Å². The SMILES string of the molecule is O=C([O-])CCP1(=O)Oc2ccccc2-c2ccccc21. The van der Waals surface area contributed by atoms with Crippen LogP contribution in [0.25, 0.3) is 11.1 Å². The molecule has 2 aromatic carbocycles. The zero-order valence-corrected chi connectivity index (χ0v) is 11.5. The maximum atomic E-state index is 13.0. The van der Waals surface area contributed by atoms with Crippen LogP contribution < -0.4 is 14.9 Å². The van der Waals surface area contributed by atoms with E-state index < -0.39 is 13.3 Å². The smallest absolute Gasteiger partial charge is 0.278 e. The molecule has 0 N–H and O–H groups in total. The molecule has 0 fully saturated rings. The first-order chi connectivity index (χ1) is 9.60. The molecule has 102 valence electrons. The number of para-hydroxylation sites is 1. The molecule has 1 atom stereocenters. The summed E-state index contributed by atoms with van der Waals surface area (Å²) in [6.07, 6.45) is -0.339. The molecule has 1 aliphatic heterocycles. The topological polar surface area (TPSA) is 66.4 Å². The fraction of sp³-hybridized carbons (Fsp3) is 0.133. The van der Waals surface area contributed by atoms with E-state index in [2.05, 4.69) is 0 Å². The molecule has 1 aliphatic rings. The molecule has 0 saturated heterocycles. The maximum absolute atomic E-state index is 13.0. The highest BCUT2D eigenvalue weighted by atomic mass is 31.2. The molecule has 1 heterocycles. The third-order valence-electron chi connectivity index (χ3n) is 3.30. The Morgan fingerprint density at radius 2 is 1.70 bits per heavy atom. The molecule has 0 aliphatic carbocycles. The average Bonchev–Trinajstić information content (AvgIpc) is 2.46. The molecule has 0 saturated carbocycles. The van der Waals surface area contributed by atoms with Gasteiger partial charge in [0.2, 0.25) is 0 Å². The van der Waals surface area contributed by atoms with Crippen LogP contribution in [0.1, 0.15) is 6.42 Å². The van der Waals surface area contributed by atoms with Gasteiger partial charge in [-0.25, -0.2) is 0 Å². The molecule has 0 amide bonds. The third kappa shape index (κ3) is 2.12. The predicted molar refractivity (Wildman–Crippen MR) is 74.2 cm³/mol. The summed E-state index contributed by atoms with van der Waals surface area (Å²) in [5, 5.41) is 11.2. The van der Waals surface area contributed by atoms with E-state index in [9.17, 15) is 14.5 Å². The van der Waals surface area contributed by atoms with Crippen molar-refractivity contribution < 1.29 is 19.0 Å². The number of carboxylic acids is 1. The van der Waals surface area contributed by atoms with Gasteiger partial charge in [0.1, 0.15) is 5.75 Å². The van der Waals surface area contributed by atoms with E-state index in [0.717, 1.165) is 11.1 Å². The zero-order valence-electron chi connectivity index (χ0n) is 10.6. The number of hydrogen-bond acceptors (Lipinski definition) is 4. The van der Waals surface area contributed by atoms with E-state index in [1.54, 1.807) is 24.3 Å². The fourth-order valence-electron chi connectivity index (χ4n) is 2.38. The van der Waals surface area contributed by atoms with Crippen LogP contribution in [-0.2, 0) is 9.36 Å². The summed E-state index contributed by atoms with van der Waals surface area (Å²) in [5.41, 5.74) is 1.72. The lowest BCUT2D eigenvalue weighted by atomic mass is 10.0. The Morgan fingerprint density at radius 3 is 2.45 bits per heavy atom. The molecule has 0 aromatic heterocycles. The largest absolute Gasteiger partial charge is 0.550 e. The normalized spacial score (nSPS) is 19.6. The summed E-state index contributed by atoms with van der Waals surface area (Å²) in [7, 11) is -3.21. The van der Waals surface area contributed by atoms with Gasteiger partial charge in [-0.05, 0) is 24.1 Å². The third-order valence-corrected chi connectivity index (χ3v) is 5.73. The van der Waals surface area contributed by atoms with Crippen molar-refractivity contribution in [2.75, 3.05) is 6.16 Å². The number of carboxylic acid groups (broad SMARTS) is 1. The van der Waals surface area contributed by atoms with Gasteiger partial charge in [-0.3, -0.25) is 4.57 Å². The highest BCUT2D eigenvalue weighted by Crippen LogP contribution is 2.54. The monoisotopic (exact) mass is 287 g/mol. The maximum Gasteiger partial charge on any atom is 0.278 e. The quantitative estimate of drug-likeness (QED) is 0.807. The van der Waals surface area contributed by atoms with Gasteiger partial charge in [0.05, 0.1) is 5.30 Å². The molecule has 0 bridgehead atoms. The van der Waals surface area contributed by atoms with Gasteiger partial charge in [0.15, 0.2) is 0 Å². The minimum atomic E-state index is -3.21. The molecular weight excluding hydrogens is 275 g/mol. The lowest BCUT2D eigenvalue weighted by Gasteiger charge is -2.28. The summed E-state index contributed by atoms with van der Waals surface area (Å²) in [4.78, 5) is 10.7. The van der Waals surface area contributed by atoms with Gasteiger partial charge in [-0.1, -0.05) is 36.4 Å². The van der Waals surface area contributed by atoms with E-state index in [1.807, 2.05) is 24.3 Å². The Morgan fingerprint density at radius 1 is 1.05 bits per heavy atom. The minimum Gasteiger partial charge on any atom is -0.550 e. The van der Waals surface area contributed by atoms with Crippen LogP contribution >= 0.6 is 7.37 Å². The van der Waals surface area contributed by atoms with E-state index in [0.29, 0.717) is 11.1 Å². The Hall–Kier alpha value is -2.06. The molecule has 4 nitrogen and oxygen atoms in total. The van der Waals surface area contributed by atoms with Crippen molar-refractivity contribution in [3.05, 3.63) is 48.5 Å². The summed E-state index contributed by atoms with van der Waals surface area (Å²) in [6, 6.07) is 14.6. The Kier molecular flexibility index (Phi) is 3.11. The first kappa shape index (κ1) is 12.9. The van der Waals surface area contributed by atoms with Crippen LogP contribution in [0, 0.1) is 0 Å². The molecule has 0 spiro atoms. The van der Waals surface area contributed by atoms with Crippen LogP contribution in [-0.4, -0.2) is 12.1 Å². The van der Waals surface area contributed by atoms with Crippen LogP contribution in [0.2, 0.25) is 0 Å². The predicted octanol–water partition coefficient (Wildman–Crippen LogP) is 1.79. The van der Waals surface area contributed by atoms with E-state index in [-0.39, 0.29) is 12.6 Å². The highest BCUT2D eigenvalue weighted by molar-refractivity contribution is 7.67. The number of aliphatic carboxylic acids is 1. The molecule has 2 aromatic rings. The van der Waals surface area contributed by atoms with Crippen LogP contribution in [0.4, 0.5) is 0 Å².